The van der Waals surface area contributed by atoms with Gasteiger partial charge in [-0.15, -0.1) is 0 Å². The van der Waals surface area contributed by atoms with Crippen molar-refractivity contribution in [3.8, 4) is 0 Å². The molecule has 0 fully saturated rings. The van der Waals surface area contributed by atoms with Crippen molar-refractivity contribution >= 4 is 0 Å². The Kier molecular flexibility index (Phi) is 8.37. The lowest BCUT2D eigenvalue weighted by molar-refractivity contribution is 0.606. The van der Waals surface area contributed by atoms with Gasteiger partial charge in [-0.2, -0.15) is 0 Å². The molecule has 0 atom stereocenters. The minimum atomic E-state index is 1.02. The molecule has 0 aliphatic carbocycles. The van der Waals surface area contributed by atoms with Gasteiger partial charge in [0.25, 0.3) is 0 Å². The molecule has 0 unspecified atom stereocenters. The molecule has 0 spiro atoms. The van der Waals surface area contributed by atoms with Gasteiger partial charge < -0.3 is 0 Å². The van der Waals surface area contributed by atoms with E-state index in [2.05, 4.69) is 85.8 Å². The molecule has 0 aliphatic heterocycles. The second kappa shape index (κ2) is 11.5. The van der Waals surface area contributed by atoms with Crippen LogP contribution in [-0.2, 0) is 19.3 Å². The van der Waals surface area contributed by atoms with Crippen molar-refractivity contribution in [3.05, 3.63) is 107 Å². The third kappa shape index (κ3) is 6.68. The molecule has 3 aromatic rings. The van der Waals surface area contributed by atoms with Gasteiger partial charge in [-0.3, -0.25) is 0 Å². The monoisotopic (exact) mass is 370 g/mol. The summed E-state index contributed by atoms with van der Waals surface area (Å²) in [6.07, 6.45) is 11.4. The summed E-state index contributed by atoms with van der Waals surface area (Å²) in [4.78, 5) is 0. The Bertz CT molecular complexity index is 802. The summed E-state index contributed by atoms with van der Waals surface area (Å²) in [6.45, 7) is 2.29. The Balaban J connectivity index is 1.70. The largest absolute Gasteiger partial charge is 0.0654 e. The van der Waals surface area contributed by atoms with E-state index in [0.717, 1.165) is 12.8 Å². The molecule has 0 nitrogen and oxygen atoms in total. The topological polar surface area (TPSA) is 0 Å². The normalized spacial score (nSPS) is 10.9. The van der Waals surface area contributed by atoms with Crippen molar-refractivity contribution in [1.82, 2.24) is 0 Å². The van der Waals surface area contributed by atoms with E-state index in [-0.39, 0.29) is 0 Å². The van der Waals surface area contributed by atoms with E-state index in [1.807, 2.05) is 0 Å². The minimum absolute atomic E-state index is 1.02. The fraction of sp³-hybridized carbons (Fsp3) is 0.357. The van der Waals surface area contributed by atoms with Crippen molar-refractivity contribution < 1.29 is 0 Å². The predicted octanol–water partition coefficient (Wildman–Crippen LogP) is 7.77. The molecule has 28 heavy (non-hydrogen) atoms. The molecular weight excluding hydrogens is 336 g/mol. The van der Waals surface area contributed by atoms with Crippen LogP contribution in [0.2, 0.25) is 0 Å². The summed E-state index contributed by atoms with van der Waals surface area (Å²) in [5, 5.41) is 0. The van der Waals surface area contributed by atoms with E-state index >= 15 is 0 Å². The summed E-state index contributed by atoms with van der Waals surface area (Å²) in [5.41, 5.74) is 7.28. The van der Waals surface area contributed by atoms with E-state index in [0.29, 0.717) is 0 Å². The fourth-order valence-electron chi connectivity index (χ4n) is 3.94. The highest BCUT2D eigenvalue weighted by Gasteiger charge is 2.07. The Morgan fingerprint density at radius 2 is 1.11 bits per heavy atom. The van der Waals surface area contributed by atoms with Gasteiger partial charge >= 0.3 is 0 Å². The lowest BCUT2D eigenvalue weighted by atomic mass is 9.92. The summed E-state index contributed by atoms with van der Waals surface area (Å²) in [5.74, 6) is 0. The van der Waals surface area contributed by atoms with E-state index in [4.69, 9.17) is 0 Å². The molecule has 0 saturated heterocycles. The highest BCUT2D eigenvalue weighted by atomic mass is 14.1. The van der Waals surface area contributed by atoms with Crippen molar-refractivity contribution in [2.24, 2.45) is 0 Å². The third-order valence-electron chi connectivity index (χ3n) is 5.56. The molecular formula is C28H34. The van der Waals surface area contributed by atoms with Crippen molar-refractivity contribution in [1.29, 1.82) is 0 Å². The first kappa shape index (κ1) is 20.4. The highest BCUT2D eigenvalue weighted by molar-refractivity contribution is 5.38. The van der Waals surface area contributed by atoms with Gasteiger partial charge in [-0.1, -0.05) is 118 Å². The maximum atomic E-state index is 2.47. The maximum absolute atomic E-state index is 2.47. The van der Waals surface area contributed by atoms with Gasteiger partial charge in [0.2, 0.25) is 0 Å². The van der Waals surface area contributed by atoms with Gasteiger partial charge in [-0.25, -0.2) is 0 Å². The molecule has 0 saturated carbocycles. The first-order valence-corrected chi connectivity index (χ1v) is 11.0. The second-order valence-corrected chi connectivity index (χ2v) is 7.95. The first-order valence-electron chi connectivity index (χ1n) is 11.0. The number of aryl methyl sites for hydroxylation is 1. The zero-order valence-electron chi connectivity index (χ0n) is 17.4. The number of benzene rings is 3. The number of unbranched alkanes of at least 4 members (excludes halogenated alkanes) is 5. The van der Waals surface area contributed by atoms with Gasteiger partial charge in [-0.05, 0) is 53.5 Å². The third-order valence-corrected chi connectivity index (χ3v) is 5.56. The molecule has 0 bridgehead atoms. The van der Waals surface area contributed by atoms with Crippen LogP contribution in [0.4, 0.5) is 0 Å². The summed E-state index contributed by atoms with van der Waals surface area (Å²) in [7, 11) is 0. The van der Waals surface area contributed by atoms with Crippen LogP contribution >= 0.6 is 0 Å². The second-order valence-electron chi connectivity index (χ2n) is 7.95. The molecule has 0 amide bonds. The zero-order chi connectivity index (χ0) is 19.4. The molecule has 0 radical (unpaired) electrons. The maximum Gasteiger partial charge on any atom is -0.00230 e. The predicted molar refractivity (Wildman–Crippen MR) is 122 cm³/mol. The summed E-state index contributed by atoms with van der Waals surface area (Å²) >= 11 is 0. The lowest BCUT2D eigenvalue weighted by Crippen LogP contribution is -1.99. The van der Waals surface area contributed by atoms with Crippen LogP contribution in [0.3, 0.4) is 0 Å². The van der Waals surface area contributed by atoms with Gasteiger partial charge in [0.05, 0.1) is 0 Å². The average molecular weight is 371 g/mol. The fourth-order valence-corrected chi connectivity index (χ4v) is 3.94. The Morgan fingerprint density at radius 1 is 0.500 bits per heavy atom. The van der Waals surface area contributed by atoms with Crippen LogP contribution in [0.5, 0.6) is 0 Å². The van der Waals surface area contributed by atoms with Crippen LogP contribution in [0.1, 0.15) is 73.3 Å². The first-order chi connectivity index (χ1) is 13.8. The Morgan fingerprint density at radius 3 is 1.79 bits per heavy atom. The summed E-state index contributed by atoms with van der Waals surface area (Å²) in [6, 6.07) is 28.9. The molecule has 0 aliphatic rings. The zero-order valence-corrected chi connectivity index (χ0v) is 17.4. The van der Waals surface area contributed by atoms with Gasteiger partial charge in [0.1, 0.15) is 0 Å². The summed E-state index contributed by atoms with van der Waals surface area (Å²) < 4.78 is 0. The van der Waals surface area contributed by atoms with Crippen molar-refractivity contribution in [2.75, 3.05) is 0 Å². The molecule has 0 heteroatoms. The quantitative estimate of drug-likeness (QED) is 0.302. The minimum Gasteiger partial charge on any atom is -0.0654 e. The Hall–Kier alpha value is -2.34. The number of hydrogen-bond acceptors (Lipinski definition) is 0. The molecule has 0 N–H and O–H groups in total. The lowest BCUT2D eigenvalue weighted by Gasteiger charge is -2.13. The smallest absolute Gasteiger partial charge is 0.00230 e. The van der Waals surface area contributed by atoms with Crippen LogP contribution in [0.25, 0.3) is 0 Å². The van der Waals surface area contributed by atoms with E-state index in [1.54, 1.807) is 5.56 Å². The van der Waals surface area contributed by atoms with Gasteiger partial charge in [0.15, 0.2) is 0 Å². The van der Waals surface area contributed by atoms with E-state index in [9.17, 15) is 0 Å². The van der Waals surface area contributed by atoms with E-state index in [1.165, 1.54) is 67.2 Å². The van der Waals surface area contributed by atoms with Crippen molar-refractivity contribution in [3.63, 3.8) is 0 Å². The SMILES string of the molecule is CCCCCCCCc1cc(Cc2ccccc2)ccc1Cc1ccccc1. The molecule has 3 aromatic carbocycles. The van der Waals surface area contributed by atoms with Gasteiger partial charge in [0, 0.05) is 0 Å². The standard InChI is InChI=1S/C28H34/c1-2-3-4-5-6-13-18-27-23-26(21-24-14-9-7-10-15-24)19-20-28(27)22-25-16-11-8-12-17-25/h7-12,14-17,19-20,23H,2-6,13,18,21-22H2,1H3. The number of rotatable bonds is 11. The Labute approximate surface area is 171 Å². The van der Waals surface area contributed by atoms with E-state index < -0.39 is 0 Å². The van der Waals surface area contributed by atoms with Crippen LogP contribution < -0.4 is 0 Å². The average Bonchev–Trinajstić information content (AvgIpc) is 2.74. The number of hydrogen-bond donors (Lipinski definition) is 0. The molecule has 3 rings (SSSR count). The van der Waals surface area contributed by atoms with Crippen molar-refractivity contribution in [2.45, 2.75) is 64.7 Å². The highest BCUT2D eigenvalue weighted by Crippen LogP contribution is 2.21. The molecule has 0 aromatic heterocycles. The molecule has 146 valence electrons. The van der Waals surface area contributed by atoms with Crippen LogP contribution in [0.15, 0.2) is 78.9 Å². The molecule has 0 heterocycles. The van der Waals surface area contributed by atoms with Crippen LogP contribution in [0, 0.1) is 0 Å². The van der Waals surface area contributed by atoms with Crippen LogP contribution in [-0.4, -0.2) is 0 Å².